The van der Waals surface area contributed by atoms with E-state index in [-0.39, 0.29) is 45.0 Å². The number of nitrogens with one attached hydrogen (secondary N) is 1. The van der Waals surface area contributed by atoms with E-state index in [1.807, 2.05) is 0 Å². The molecule has 34 heavy (non-hydrogen) atoms. The third-order valence-corrected chi connectivity index (χ3v) is 6.37. The maximum atomic E-state index is 14.9. The summed E-state index contributed by atoms with van der Waals surface area (Å²) in [7, 11) is -0.724. The minimum atomic E-state index is -3.84. The average molecular weight is 492 g/mol. The molecule has 2 heterocycles. The number of fused-ring (bicyclic) bond motifs is 1. The highest BCUT2D eigenvalue weighted by Gasteiger charge is 2.22. The van der Waals surface area contributed by atoms with Crippen molar-refractivity contribution in [2.24, 2.45) is 14.1 Å². The highest BCUT2D eigenvalue weighted by molar-refractivity contribution is 7.92. The highest BCUT2D eigenvalue weighted by atomic mass is 32.2. The van der Waals surface area contributed by atoms with Gasteiger partial charge in [-0.3, -0.25) is 14.2 Å². The molecule has 178 valence electrons. The maximum Gasteiger partial charge on any atom is 0.261 e. The van der Waals surface area contributed by atoms with Crippen LogP contribution in [-0.4, -0.2) is 28.5 Å². The topological polar surface area (TPSA) is 95.2 Å². The minimum Gasteiger partial charge on any atom is -0.454 e. The van der Waals surface area contributed by atoms with E-state index in [1.165, 1.54) is 41.7 Å². The fourth-order valence-corrected chi connectivity index (χ4v) is 4.02. The number of aryl methyl sites for hydroxylation is 2. The summed E-state index contributed by atoms with van der Waals surface area (Å²) in [4.78, 5) is 12.6. The number of halogens is 3. The zero-order valence-corrected chi connectivity index (χ0v) is 19.1. The summed E-state index contributed by atoms with van der Waals surface area (Å²) in [5, 5.41) is 4.55. The van der Waals surface area contributed by atoms with Crippen molar-refractivity contribution in [1.82, 2.24) is 14.3 Å². The SMILES string of the molecule is CCS(=O)(=O)Nc1cc(-c2cn(C)c(=O)c3cn(C)nc23)c(Oc2ccc(F)cc2F)cc1F. The van der Waals surface area contributed by atoms with Gasteiger partial charge in [0.2, 0.25) is 10.0 Å². The maximum absolute atomic E-state index is 14.9. The van der Waals surface area contributed by atoms with Crippen molar-refractivity contribution in [3.05, 3.63) is 70.5 Å². The summed E-state index contributed by atoms with van der Waals surface area (Å²) in [5.41, 5.74) is -0.0500. The molecule has 0 saturated heterocycles. The third-order valence-electron chi connectivity index (χ3n) is 5.08. The van der Waals surface area contributed by atoms with Gasteiger partial charge in [0.1, 0.15) is 17.1 Å². The van der Waals surface area contributed by atoms with Gasteiger partial charge in [-0.2, -0.15) is 5.10 Å². The molecule has 0 bridgehead atoms. The number of pyridine rings is 1. The van der Waals surface area contributed by atoms with Crippen LogP contribution in [0.1, 0.15) is 6.92 Å². The van der Waals surface area contributed by atoms with E-state index in [4.69, 9.17) is 4.74 Å². The molecule has 0 aliphatic rings. The van der Waals surface area contributed by atoms with Gasteiger partial charge in [-0.25, -0.2) is 21.6 Å². The molecule has 2 aromatic heterocycles. The van der Waals surface area contributed by atoms with Crippen molar-refractivity contribution in [1.29, 1.82) is 0 Å². The molecule has 4 rings (SSSR count). The molecule has 0 spiro atoms. The first kappa shape index (κ1) is 23.4. The molecule has 0 saturated carbocycles. The normalized spacial score (nSPS) is 11.7. The van der Waals surface area contributed by atoms with Gasteiger partial charge in [0, 0.05) is 49.7 Å². The van der Waals surface area contributed by atoms with Crippen LogP contribution >= 0.6 is 0 Å². The van der Waals surface area contributed by atoms with E-state index in [2.05, 4.69) is 9.82 Å². The second-order valence-corrected chi connectivity index (χ2v) is 9.55. The lowest BCUT2D eigenvalue weighted by Gasteiger charge is -2.16. The molecular weight excluding hydrogens is 473 g/mol. The van der Waals surface area contributed by atoms with Crippen LogP contribution in [-0.2, 0) is 24.1 Å². The number of benzene rings is 2. The van der Waals surface area contributed by atoms with E-state index in [0.29, 0.717) is 11.6 Å². The average Bonchev–Trinajstić information content (AvgIpc) is 3.16. The molecule has 2 aromatic carbocycles. The van der Waals surface area contributed by atoms with Gasteiger partial charge in [0.15, 0.2) is 17.4 Å². The Kier molecular flexibility index (Phi) is 5.86. The summed E-state index contributed by atoms with van der Waals surface area (Å²) in [6.07, 6.45) is 2.93. The quantitative estimate of drug-likeness (QED) is 0.440. The number of sulfonamides is 1. The van der Waals surface area contributed by atoms with Gasteiger partial charge in [-0.05, 0) is 25.1 Å². The van der Waals surface area contributed by atoms with E-state index in [9.17, 15) is 26.4 Å². The van der Waals surface area contributed by atoms with Gasteiger partial charge in [0.05, 0.1) is 16.8 Å². The summed E-state index contributed by atoms with van der Waals surface area (Å²) in [5.74, 6) is -3.72. The van der Waals surface area contributed by atoms with E-state index in [1.54, 1.807) is 7.05 Å². The summed E-state index contributed by atoms with van der Waals surface area (Å²) in [6, 6.07) is 4.68. The Morgan fingerprint density at radius 2 is 1.74 bits per heavy atom. The molecule has 0 atom stereocenters. The lowest BCUT2D eigenvalue weighted by atomic mass is 10.0. The fourth-order valence-electron chi connectivity index (χ4n) is 3.39. The van der Waals surface area contributed by atoms with Crippen LogP contribution in [0.25, 0.3) is 22.0 Å². The molecule has 0 aliphatic carbocycles. The van der Waals surface area contributed by atoms with Crippen LogP contribution in [0.5, 0.6) is 11.5 Å². The number of hydrogen-bond donors (Lipinski definition) is 1. The Balaban J connectivity index is 2.00. The first-order valence-corrected chi connectivity index (χ1v) is 11.6. The highest BCUT2D eigenvalue weighted by Crippen LogP contribution is 2.40. The summed E-state index contributed by atoms with van der Waals surface area (Å²) >= 11 is 0. The Hall–Kier alpha value is -3.80. The first-order valence-electron chi connectivity index (χ1n) is 9.99. The summed E-state index contributed by atoms with van der Waals surface area (Å²) < 4.78 is 77.1. The molecular formula is C22H19F3N4O4S. The Morgan fingerprint density at radius 3 is 2.41 bits per heavy atom. The number of rotatable bonds is 6. The van der Waals surface area contributed by atoms with E-state index >= 15 is 0 Å². The molecule has 0 radical (unpaired) electrons. The van der Waals surface area contributed by atoms with Crippen molar-refractivity contribution >= 4 is 26.6 Å². The number of ether oxygens (including phenoxy) is 1. The zero-order valence-electron chi connectivity index (χ0n) is 18.3. The van der Waals surface area contributed by atoms with Crippen molar-refractivity contribution in [3.8, 4) is 22.6 Å². The second-order valence-electron chi connectivity index (χ2n) is 7.53. The van der Waals surface area contributed by atoms with Crippen molar-refractivity contribution in [2.75, 3.05) is 10.5 Å². The predicted octanol–water partition coefficient (Wildman–Crippen LogP) is 3.91. The number of hydrogen-bond acceptors (Lipinski definition) is 5. The number of aromatic nitrogens is 3. The van der Waals surface area contributed by atoms with E-state index < -0.39 is 27.5 Å². The van der Waals surface area contributed by atoms with E-state index in [0.717, 1.165) is 18.2 Å². The monoisotopic (exact) mass is 492 g/mol. The number of nitrogens with zero attached hydrogens (tertiary/aromatic N) is 3. The molecule has 0 fully saturated rings. The van der Waals surface area contributed by atoms with Crippen molar-refractivity contribution in [2.45, 2.75) is 6.92 Å². The standard InChI is InChI=1S/C22H19F3N4O4S/c1-4-34(31,32)27-18-8-13(14-10-28(2)22(30)15-11-29(3)26-21(14)15)20(9-16(18)24)33-19-6-5-12(23)7-17(19)25/h5-11,27H,4H2,1-3H3. The molecule has 1 N–H and O–H groups in total. The number of anilines is 1. The van der Waals surface area contributed by atoms with Gasteiger partial charge < -0.3 is 9.30 Å². The van der Waals surface area contributed by atoms with Crippen LogP contribution in [0, 0.1) is 17.5 Å². The molecule has 12 heteroatoms. The Labute approximate surface area is 192 Å². The first-order chi connectivity index (χ1) is 16.0. The lowest BCUT2D eigenvalue weighted by molar-refractivity contribution is 0.436. The van der Waals surface area contributed by atoms with Crippen LogP contribution in [0.4, 0.5) is 18.9 Å². The Bertz CT molecular complexity index is 1600. The Morgan fingerprint density at radius 1 is 1.00 bits per heavy atom. The minimum absolute atomic E-state index is 0.123. The van der Waals surface area contributed by atoms with Crippen molar-refractivity contribution < 1.29 is 26.3 Å². The molecule has 8 nitrogen and oxygen atoms in total. The van der Waals surface area contributed by atoms with Crippen LogP contribution in [0.3, 0.4) is 0 Å². The third kappa shape index (κ3) is 4.36. The fraction of sp³-hybridized carbons (Fsp3) is 0.182. The van der Waals surface area contributed by atoms with Gasteiger partial charge in [-0.15, -0.1) is 0 Å². The van der Waals surface area contributed by atoms with Crippen LogP contribution < -0.4 is 15.0 Å². The molecule has 0 amide bonds. The largest absolute Gasteiger partial charge is 0.454 e. The smallest absolute Gasteiger partial charge is 0.261 e. The van der Waals surface area contributed by atoms with Gasteiger partial charge in [0.25, 0.3) is 5.56 Å². The zero-order chi connectivity index (χ0) is 24.8. The predicted molar refractivity (Wildman–Crippen MR) is 121 cm³/mol. The van der Waals surface area contributed by atoms with Crippen LogP contribution in [0.2, 0.25) is 0 Å². The van der Waals surface area contributed by atoms with Gasteiger partial charge >= 0.3 is 0 Å². The lowest BCUT2D eigenvalue weighted by Crippen LogP contribution is -2.17. The summed E-state index contributed by atoms with van der Waals surface area (Å²) in [6.45, 7) is 1.39. The second kappa shape index (κ2) is 8.52. The van der Waals surface area contributed by atoms with Gasteiger partial charge in [-0.1, -0.05) is 0 Å². The molecule has 4 aromatic rings. The molecule has 0 unspecified atom stereocenters. The van der Waals surface area contributed by atoms with Crippen LogP contribution in [0.15, 0.2) is 47.5 Å². The molecule has 0 aliphatic heterocycles. The van der Waals surface area contributed by atoms with Crippen molar-refractivity contribution in [3.63, 3.8) is 0 Å².